The smallest absolute Gasteiger partial charge is 0.265 e. The van der Waals surface area contributed by atoms with Gasteiger partial charge in [-0.1, -0.05) is 36.4 Å². The third kappa shape index (κ3) is 1.95. The van der Waals surface area contributed by atoms with Crippen LogP contribution in [0, 0.1) is 0 Å². The lowest BCUT2D eigenvalue weighted by molar-refractivity contribution is 0.0961. The summed E-state index contributed by atoms with van der Waals surface area (Å²) >= 11 is 0. The number of nitrogens with zero attached hydrogens (tertiary/aromatic N) is 1. The van der Waals surface area contributed by atoms with Gasteiger partial charge in [0.2, 0.25) is 0 Å². The number of carbonyl (C=O) groups excluding carboxylic acids is 1. The van der Waals surface area contributed by atoms with Crippen molar-refractivity contribution in [1.29, 1.82) is 0 Å². The third-order valence-corrected chi connectivity index (χ3v) is 3.03. The Hall–Kier alpha value is -2.68. The van der Waals surface area contributed by atoms with Gasteiger partial charge in [0, 0.05) is 11.6 Å². The molecule has 0 saturated heterocycles. The summed E-state index contributed by atoms with van der Waals surface area (Å²) in [5, 5.41) is 0.867. The SMILES string of the molecule is O=C(c1ccccc1)n1c(=O)ccc2ccccc21. The molecule has 0 spiro atoms. The van der Waals surface area contributed by atoms with Crippen molar-refractivity contribution in [3.05, 3.63) is 82.6 Å². The highest BCUT2D eigenvalue weighted by Gasteiger charge is 2.12. The summed E-state index contributed by atoms with van der Waals surface area (Å²) < 4.78 is 1.21. The van der Waals surface area contributed by atoms with Gasteiger partial charge in [-0.05, 0) is 29.7 Å². The van der Waals surface area contributed by atoms with Crippen molar-refractivity contribution in [2.75, 3.05) is 0 Å². The fraction of sp³-hybridized carbons (Fsp3) is 0. The molecular weight excluding hydrogens is 238 g/mol. The molecule has 0 atom stereocenters. The molecule has 19 heavy (non-hydrogen) atoms. The van der Waals surface area contributed by atoms with Gasteiger partial charge in [-0.15, -0.1) is 0 Å². The number of rotatable bonds is 1. The van der Waals surface area contributed by atoms with Gasteiger partial charge >= 0.3 is 0 Å². The Morgan fingerprint density at radius 2 is 1.47 bits per heavy atom. The first-order valence-electron chi connectivity index (χ1n) is 5.98. The van der Waals surface area contributed by atoms with E-state index in [-0.39, 0.29) is 11.5 Å². The second-order valence-electron chi connectivity index (χ2n) is 4.24. The average molecular weight is 249 g/mol. The van der Waals surface area contributed by atoms with E-state index in [1.807, 2.05) is 24.3 Å². The molecule has 3 heteroatoms. The van der Waals surface area contributed by atoms with Crippen LogP contribution in [-0.2, 0) is 0 Å². The summed E-state index contributed by atoms with van der Waals surface area (Å²) in [5.41, 5.74) is 0.817. The standard InChI is InChI=1S/C16H11NO2/c18-15-11-10-12-6-4-5-9-14(12)17(15)16(19)13-7-2-1-3-8-13/h1-11H. The lowest BCUT2D eigenvalue weighted by Gasteiger charge is -2.08. The minimum atomic E-state index is -0.312. The van der Waals surface area contributed by atoms with Crippen molar-refractivity contribution >= 4 is 16.8 Å². The van der Waals surface area contributed by atoms with Crippen LogP contribution in [0.25, 0.3) is 10.9 Å². The first-order valence-corrected chi connectivity index (χ1v) is 5.98. The van der Waals surface area contributed by atoms with Crippen molar-refractivity contribution < 1.29 is 4.79 Å². The van der Waals surface area contributed by atoms with E-state index in [1.165, 1.54) is 10.6 Å². The molecule has 0 aliphatic carbocycles. The molecule has 0 unspecified atom stereocenters. The monoisotopic (exact) mass is 249 g/mol. The molecule has 1 aromatic heterocycles. The molecule has 3 nitrogen and oxygen atoms in total. The molecule has 0 saturated carbocycles. The molecule has 3 rings (SSSR count). The van der Waals surface area contributed by atoms with Crippen LogP contribution in [0.5, 0.6) is 0 Å². The van der Waals surface area contributed by atoms with Crippen molar-refractivity contribution in [2.24, 2.45) is 0 Å². The Balaban J connectivity index is 2.28. The maximum atomic E-state index is 12.4. The Morgan fingerprint density at radius 1 is 0.789 bits per heavy atom. The van der Waals surface area contributed by atoms with Crippen LogP contribution in [0.3, 0.4) is 0 Å². The molecule has 92 valence electrons. The zero-order chi connectivity index (χ0) is 13.2. The summed E-state index contributed by atoms with van der Waals surface area (Å²) in [7, 11) is 0. The largest absolute Gasteiger partial charge is 0.269 e. The highest BCUT2D eigenvalue weighted by atomic mass is 16.2. The second-order valence-corrected chi connectivity index (χ2v) is 4.24. The predicted molar refractivity (Wildman–Crippen MR) is 74.4 cm³/mol. The second kappa shape index (κ2) is 4.53. The number of carbonyl (C=O) groups is 1. The minimum Gasteiger partial charge on any atom is -0.269 e. The maximum absolute atomic E-state index is 12.4. The Kier molecular flexibility index (Phi) is 2.72. The Bertz CT molecular complexity index is 804. The molecule has 0 aliphatic heterocycles. The number of fused-ring (bicyclic) bond motifs is 1. The Morgan fingerprint density at radius 3 is 2.26 bits per heavy atom. The number of pyridine rings is 1. The van der Waals surface area contributed by atoms with E-state index >= 15 is 0 Å². The summed E-state index contributed by atoms with van der Waals surface area (Å²) in [6, 6.07) is 19.3. The molecule has 0 bridgehead atoms. The van der Waals surface area contributed by atoms with Crippen LogP contribution >= 0.6 is 0 Å². The molecule has 0 radical (unpaired) electrons. The molecule has 0 amide bonds. The predicted octanol–water partition coefficient (Wildman–Crippen LogP) is 2.69. The molecule has 0 aliphatic rings. The van der Waals surface area contributed by atoms with Crippen LogP contribution in [-0.4, -0.2) is 10.5 Å². The van der Waals surface area contributed by atoms with E-state index < -0.39 is 0 Å². The normalized spacial score (nSPS) is 10.5. The van der Waals surface area contributed by atoms with Gasteiger partial charge in [0.25, 0.3) is 11.5 Å². The first kappa shape index (κ1) is 11.4. The molecule has 0 fully saturated rings. The van der Waals surface area contributed by atoms with E-state index in [9.17, 15) is 9.59 Å². The quantitative estimate of drug-likeness (QED) is 0.665. The number of hydrogen-bond acceptors (Lipinski definition) is 2. The summed E-state index contributed by atoms with van der Waals surface area (Å²) in [6.07, 6.45) is 0. The summed E-state index contributed by atoms with van der Waals surface area (Å²) in [4.78, 5) is 24.4. The van der Waals surface area contributed by atoms with Crippen molar-refractivity contribution in [2.45, 2.75) is 0 Å². The molecule has 2 aromatic carbocycles. The van der Waals surface area contributed by atoms with E-state index in [0.29, 0.717) is 11.1 Å². The minimum absolute atomic E-state index is 0.303. The van der Waals surface area contributed by atoms with Crippen LogP contribution in [0.15, 0.2) is 71.5 Å². The zero-order valence-corrected chi connectivity index (χ0v) is 10.1. The van der Waals surface area contributed by atoms with Gasteiger partial charge in [-0.2, -0.15) is 0 Å². The van der Waals surface area contributed by atoms with Crippen LogP contribution < -0.4 is 5.56 Å². The summed E-state index contributed by atoms with van der Waals surface area (Å²) in [6.45, 7) is 0. The highest BCUT2D eigenvalue weighted by molar-refractivity contribution is 6.01. The molecule has 3 aromatic rings. The van der Waals surface area contributed by atoms with Crippen LogP contribution in [0.1, 0.15) is 10.4 Å². The lowest BCUT2D eigenvalue weighted by atomic mass is 10.1. The van der Waals surface area contributed by atoms with E-state index in [4.69, 9.17) is 0 Å². The van der Waals surface area contributed by atoms with Crippen molar-refractivity contribution in [3.8, 4) is 0 Å². The third-order valence-electron chi connectivity index (χ3n) is 3.03. The van der Waals surface area contributed by atoms with Gasteiger partial charge in [-0.3, -0.25) is 9.59 Å². The Labute approximate surface area is 109 Å². The maximum Gasteiger partial charge on any atom is 0.265 e. The average Bonchev–Trinajstić information content (AvgIpc) is 2.47. The van der Waals surface area contributed by atoms with Gasteiger partial charge in [-0.25, -0.2) is 4.57 Å². The topological polar surface area (TPSA) is 39.1 Å². The summed E-state index contributed by atoms with van der Waals surface area (Å²) in [5.74, 6) is -0.303. The van der Waals surface area contributed by atoms with Gasteiger partial charge in [0.15, 0.2) is 0 Å². The lowest BCUT2D eigenvalue weighted by Crippen LogP contribution is -2.26. The molecule has 0 N–H and O–H groups in total. The van der Waals surface area contributed by atoms with Gasteiger partial charge < -0.3 is 0 Å². The first-order chi connectivity index (χ1) is 9.27. The zero-order valence-electron chi connectivity index (χ0n) is 10.1. The van der Waals surface area contributed by atoms with Crippen molar-refractivity contribution in [1.82, 2.24) is 4.57 Å². The van der Waals surface area contributed by atoms with E-state index in [1.54, 1.807) is 36.4 Å². The fourth-order valence-electron chi connectivity index (χ4n) is 2.11. The highest BCUT2D eigenvalue weighted by Crippen LogP contribution is 2.12. The molecular formula is C16H11NO2. The van der Waals surface area contributed by atoms with Crippen molar-refractivity contribution in [3.63, 3.8) is 0 Å². The van der Waals surface area contributed by atoms with Crippen LogP contribution in [0.2, 0.25) is 0 Å². The van der Waals surface area contributed by atoms with Crippen LogP contribution in [0.4, 0.5) is 0 Å². The van der Waals surface area contributed by atoms with E-state index in [0.717, 1.165) is 5.39 Å². The van der Waals surface area contributed by atoms with Gasteiger partial charge in [0.05, 0.1) is 5.52 Å². The van der Waals surface area contributed by atoms with Gasteiger partial charge in [0.1, 0.15) is 0 Å². The number of hydrogen-bond donors (Lipinski definition) is 0. The fourth-order valence-corrected chi connectivity index (χ4v) is 2.11. The van der Waals surface area contributed by atoms with E-state index in [2.05, 4.69) is 0 Å². The number of para-hydroxylation sites is 1. The molecule has 1 heterocycles. The number of aromatic nitrogens is 1. The number of benzene rings is 2.